The molecule has 1 unspecified atom stereocenters. The minimum absolute atomic E-state index is 0.0536. The second-order valence-corrected chi connectivity index (χ2v) is 8.92. The zero-order valence-electron chi connectivity index (χ0n) is 20.8. The van der Waals surface area contributed by atoms with Gasteiger partial charge in [-0.2, -0.15) is 13.2 Å². The molecule has 3 aromatic carbocycles. The number of hydrogen-bond donors (Lipinski definition) is 1. The summed E-state index contributed by atoms with van der Waals surface area (Å²) in [4.78, 5) is 25.1. The molecule has 0 aliphatic heterocycles. The highest BCUT2D eigenvalue weighted by Crippen LogP contribution is 2.31. The predicted molar refractivity (Wildman–Crippen MR) is 136 cm³/mol. The first-order valence-corrected chi connectivity index (χ1v) is 11.9. The molecule has 0 saturated heterocycles. The number of nitrogens with one attached hydrogen (secondary N) is 1. The Labute approximate surface area is 217 Å². The second-order valence-electron chi connectivity index (χ2n) is 8.92. The number of halogens is 4. The summed E-state index contributed by atoms with van der Waals surface area (Å²) in [6.45, 7) is 1.23. The molecule has 9 heteroatoms. The van der Waals surface area contributed by atoms with Gasteiger partial charge >= 0.3 is 12.1 Å². The Bertz CT molecular complexity index is 1440. The lowest BCUT2D eigenvalue weighted by molar-refractivity contribution is -0.137. The van der Waals surface area contributed by atoms with Crippen molar-refractivity contribution in [3.63, 3.8) is 0 Å². The highest BCUT2D eigenvalue weighted by atomic mass is 19.4. The molecule has 4 aromatic rings. The number of alkyl halides is 4. The molecule has 0 aliphatic carbocycles. The van der Waals surface area contributed by atoms with Crippen LogP contribution in [0.5, 0.6) is 0 Å². The summed E-state index contributed by atoms with van der Waals surface area (Å²) in [5.74, 6) is -0.841. The molecule has 0 radical (unpaired) electrons. The van der Waals surface area contributed by atoms with Crippen LogP contribution in [0.15, 0.2) is 72.9 Å². The largest absolute Gasteiger partial charge is 0.465 e. The van der Waals surface area contributed by atoms with Crippen molar-refractivity contribution >= 4 is 22.8 Å². The molecule has 1 N–H and O–H groups in total. The van der Waals surface area contributed by atoms with Gasteiger partial charge in [0, 0.05) is 17.1 Å². The summed E-state index contributed by atoms with van der Waals surface area (Å²) in [7, 11) is 1.30. The Hall–Kier alpha value is -4.14. The summed E-state index contributed by atoms with van der Waals surface area (Å²) in [5, 5.41) is 3.57. The van der Waals surface area contributed by atoms with Crippen LogP contribution in [0.4, 0.5) is 17.6 Å². The lowest BCUT2D eigenvalue weighted by Gasteiger charge is -2.15. The van der Waals surface area contributed by atoms with E-state index >= 15 is 0 Å². The van der Waals surface area contributed by atoms with E-state index in [1.807, 2.05) is 6.07 Å². The number of carbonyl (C=O) groups is 2. The Kier molecular flexibility index (Phi) is 7.85. The van der Waals surface area contributed by atoms with E-state index in [9.17, 15) is 27.2 Å². The number of aryl methyl sites for hydroxylation is 1. The van der Waals surface area contributed by atoms with E-state index in [-0.39, 0.29) is 12.5 Å². The lowest BCUT2D eigenvalue weighted by atomic mass is 9.98. The molecule has 4 rings (SSSR count). The lowest BCUT2D eigenvalue weighted by Crippen LogP contribution is -2.26. The van der Waals surface area contributed by atoms with Crippen LogP contribution in [-0.4, -0.2) is 30.2 Å². The summed E-state index contributed by atoms with van der Waals surface area (Å²) < 4.78 is 58.6. The highest BCUT2D eigenvalue weighted by molar-refractivity contribution is 6.08. The summed E-state index contributed by atoms with van der Waals surface area (Å²) >= 11 is 0. The molecule has 0 aliphatic rings. The summed E-state index contributed by atoms with van der Waals surface area (Å²) in [6, 6.07) is 16.5. The summed E-state index contributed by atoms with van der Waals surface area (Å²) in [5.41, 5.74) is 2.80. The number of amides is 1. The molecule has 1 amide bonds. The van der Waals surface area contributed by atoms with E-state index < -0.39 is 30.4 Å². The quantitative estimate of drug-likeness (QED) is 0.211. The molecular formula is C29H26F4N2O3. The van der Waals surface area contributed by atoms with Gasteiger partial charge in [-0.15, -0.1) is 0 Å². The minimum Gasteiger partial charge on any atom is -0.465 e. The van der Waals surface area contributed by atoms with Crippen LogP contribution in [0.25, 0.3) is 10.9 Å². The number of benzene rings is 3. The molecule has 198 valence electrons. The van der Waals surface area contributed by atoms with Gasteiger partial charge in [-0.25, -0.2) is 9.18 Å². The maximum absolute atomic E-state index is 13.4. The molecule has 0 saturated carbocycles. The van der Waals surface area contributed by atoms with Crippen molar-refractivity contribution in [2.24, 2.45) is 0 Å². The van der Waals surface area contributed by atoms with Gasteiger partial charge in [0.25, 0.3) is 5.91 Å². The molecule has 38 heavy (non-hydrogen) atoms. The van der Waals surface area contributed by atoms with Crippen molar-refractivity contribution in [1.29, 1.82) is 0 Å². The van der Waals surface area contributed by atoms with Crippen LogP contribution in [0, 0.1) is 0 Å². The molecule has 0 bridgehead atoms. The van der Waals surface area contributed by atoms with Crippen LogP contribution in [-0.2, 0) is 23.9 Å². The van der Waals surface area contributed by atoms with Crippen molar-refractivity contribution in [2.45, 2.75) is 32.1 Å². The average molecular weight is 527 g/mol. The number of nitrogens with zero attached hydrogens (tertiary/aromatic N) is 1. The smallest absolute Gasteiger partial charge is 0.416 e. The third kappa shape index (κ3) is 5.72. The van der Waals surface area contributed by atoms with Gasteiger partial charge in [0.05, 0.1) is 36.4 Å². The first-order chi connectivity index (χ1) is 18.1. The monoisotopic (exact) mass is 526 g/mol. The van der Waals surface area contributed by atoms with Gasteiger partial charge in [-0.3, -0.25) is 4.79 Å². The van der Waals surface area contributed by atoms with Crippen molar-refractivity contribution in [1.82, 2.24) is 9.88 Å². The number of aromatic nitrogens is 1. The van der Waals surface area contributed by atoms with Crippen LogP contribution in [0.2, 0.25) is 0 Å². The van der Waals surface area contributed by atoms with E-state index in [0.29, 0.717) is 34.0 Å². The van der Waals surface area contributed by atoms with E-state index in [2.05, 4.69) is 5.32 Å². The van der Waals surface area contributed by atoms with Crippen LogP contribution in [0.1, 0.15) is 55.9 Å². The SMILES string of the molecule is COC(=O)c1ccc(C(C)NC(=O)c2cn(CCF)c3cccc(Cc4ccc(C(F)(F)F)cc4)c23)cc1. The van der Waals surface area contributed by atoms with Gasteiger partial charge in [0.15, 0.2) is 0 Å². The van der Waals surface area contributed by atoms with Crippen molar-refractivity contribution < 1.29 is 31.9 Å². The van der Waals surface area contributed by atoms with Crippen molar-refractivity contribution in [3.05, 3.63) is 106 Å². The molecule has 0 fully saturated rings. The van der Waals surface area contributed by atoms with Crippen molar-refractivity contribution in [2.75, 3.05) is 13.8 Å². The van der Waals surface area contributed by atoms with Gasteiger partial charge < -0.3 is 14.6 Å². The fraction of sp³-hybridized carbons (Fsp3) is 0.241. The highest BCUT2D eigenvalue weighted by Gasteiger charge is 2.30. The average Bonchev–Trinajstić information content (AvgIpc) is 3.28. The molecule has 1 aromatic heterocycles. The Morgan fingerprint density at radius 3 is 2.29 bits per heavy atom. The standard InChI is InChI=1S/C29H26F4N2O3/c1-18(20-8-10-21(11-9-20)28(37)38-2)34-27(36)24-17-35(15-14-30)25-5-3-4-22(26(24)25)16-19-6-12-23(13-7-19)29(31,32)33/h3-13,17-18H,14-16H2,1-2H3,(H,34,36). The zero-order valence-corrected chi connectivity index (χ0v) is 20.8. The number of ether oxygens (including phenoxy) is 1. The topological polar surface area (TPSA) is 60.3 Å². The summed E-state index contributed by atoms with van der Waals surface area (Å²) in [6.07, 6.45) is -2.54. The fourth-order valence-electron chi connectivity index (χ4n) is 4.44. The van der Waals surface area contributed by atoms with E-state index in [1.54, 1.807) is 54.1 Å². The number of esters is 1. The van der Waals surface area contributed by atoms with Gasteiger partial charge in [0.1, 0.15) is 6.67 Å². The normalized spacial score (nSPS) is 12.4. The van der Waals surface area contributed by atoms with Crippen LogP contribution >= 0.6 is 0 Å². The zero-order chi connectivity index (χ0) is 27.4. The van der Waals surface area contributed by atoms with Gasteiger partial charge in [0.2, 0.25) is 0 Å². The third-order valence-electron chi connectivity index (χ3n) is 6.42. The maximum atomic E-state index is 13.4. The molecular weight excluding hydrogens is 500 g/mol. The second kappa shape index (κ2) is 11.1. The first kappa shape index (κ1) is 26.9. The molecule has 5 nitrogen and oxygen atoms in total. The number of rotatable bonds is 8. The van der Waals surface area contributed by atoms with E-state index in [4.69, 9.17) is 4.74 Å². The Morgan fingerprint density at radius 2 is 1.68 bits per heavy atom. The number of carbonyl (C=O) groups excluding carboxylic acids is 2. The van der Waals surface area contributed by atoms with Gasteiger partial charge in [-0.05, 0) is 60.4 Å². The molecule has 1 heterocycles. The molecule has 0 spiro atoms. The van der Waals surface area contributed by atoms with E-state index in [0.717, 1.165) is 23.3 Å². The third-order valence-corrected chi connectivity index (χ3v) is 6.42. The maximum Gasteiger partial charge on any atom is 0.416 e. The van der Waals surface area contributed by atoms with Crippen LogP contribution in [0.3, 0.4) is 0 Å². The van der Waals surface area contributed by atoms with Crippen LogP contribution < -0.4 is 5.32 Å². The number of fused-ring (bicyclic) bond motifs is 1. The molecule has 1 atom stereocenters. The minimum atomic E-state index is -4.43. The predicted octanol–water partition coefficient (Wildman–Crippen LogP) is 6.50. The Morgan fingerprint density at radius 1 is 1.00 bits per heavy atom. The van der Waals surface area contributed by atoms with E-state index in [1.165, 1.54) is 19.2 Å². The first-order valence-electron chi connectivity index (χ1n) is 11.9. The van der Waals surface area contributed by atoms with Crippen molar-refractivity contribution in [3.8, 4) is 0 Å². The number of hydrogen-bond acceptors (Lipinski definition) is 3. The fourth-order valence-corrected chi connectivity index (χ4v) is 4.44. The van der Waals surface area contributed by atoms with Gasteiger partial charge in [-0.1, -0.05) is 36.4 Å². The Balaban J connectivity index is 1.65. The number of methoxy groups -OCH3 is 1.